The number of rotatable bonds is 11. The highest BCUT2D eigenvalue weighted by molar-refractivity contribution is 8.00. The first-order valence-corrected chi connectivity index (χ1v) is 15.6. The van der Waals surface area contributed by atoms with Crippen LogP contribution in [0.5, 0.6) is 5.75 Å². The van der Waals surface area contributed by atoms with E-state index in [0.717, 1.165) is 10.5 Å². The molecule has 1 atom stereocenters. The van der Waals surface area contributed by atoms with E-state index in [1.165, 1.54) is 11.8 Å². The molecule has 5 rings (SSSR count). The number of halogens is 1. The number of benzene rings is 5. The Morgan fingerprint density at radius 2 is 1.43 bits per heavy atom. The monoisotopic (exact) mass is 647 g/mol. The minimum atomic E-state index is -0.612. The normalized spacial score (nSPS) is 11.7. The highest BCUT2D eigenvalue weighted by Gasteiger charge is 2.23. The molecule has 0 aliphatic carbocycles. The quantitative estimate of drug-likeness (QED) is 0.0991. The number of thioether (sulfide) groups is 1. The van der Waals surface area contributed by atoms with Crippen molar-refractivity contribution in [3.8, 4) is 5.75 Å². The van der Waals surface area contributed by atoms with Crippen LogP contribution in [0.4, 0.5) is 11.4 Å². The van der Waals surface area contributed by atoms with Crippen LogP contribution in [0.3, 0.4) is 0 Å². The molecule has 3 N–H and O–H groups in total. The molecule has 0 radical (unpaired) electrons. The van der Waals surface area contributed by atoms with Crippen LogP contribution in [0.1, 0.15) is 26.7 Å². The van der Waals surface area contributed by atoms with Gasteiger partial charge in [0.1, 0.15) is 16.7 Å². The third-order valence-electron chi connectivity index (χ3n) is 6.77. The number of amides is 3. The van der Waals surface area contributed by atoms with Crippen molar-refractivity contribution in [3.63, 3.8) is 0 Å². The zero-order valence-corrected chi connectivity index (χ0v) is 26.3. The molecule has 9 heteroatoms. The lowest BCUT2D eigenvalue weighted by atomic mass is 10.1. The van der Waals surface area contributed by atoms with Crippen LogP contribution in [0.25, 0.3) is 6.08 Å². The lowest BCUT2D eigenvalue weighted by Crippen LogP contribution is -2.30. The maximum Gasteiger partial charge on any atom is 0.272 e. The van der Waals surface area contributed by atoms with Gasteiger partial charge in [-0.2, -0.15) is 0 Å². The fourth-order valence-electron chi connectivity index (χ4n) is 4.45. The first kappa shape index (κ1) is 32.1. The molecule has 3 amide bonds. The molecule has 46 heavy (non-hydrogen) atoms. The molecule has 0 fully saturated rings. The molecule has 0 aliphatic rings. The van der Waals surface area contributed by atoms with Crippen LogP contribution in [0.15, 0.2) is 144 Å². The summed E-state index contributed by atoms with van der Waals surface area (Å²) in [5.74, 6) is -0.513. The van der Waals surface area contributed by atoms with Crippen LogP contribution in [0.2, 0.25) is 5.02 Å². The van der Waals surface area contributed by atoms with Gasteiger partial charge in [-0.1, -0.05) is 90.5 Å². The predicted octanol–water partition coefficient (Wildman–Crippen LogP) is 8.23. The Morgan fingerprint density at radius 3 is 2.13 bits per heavy atom. The molecule has 5 aromatic rings. The van der Waals surface area contributed by atoms with Crippen molar-refractivity contribution in [2.45, 2.75) is 10.1 Å². The summed E-state index contributed by atoms with van der Waals surface area (Å²) in [6.07, 6.45) is 1.60. The van der Waals surface area contributed by atoms with Gasteiger partial charge in [0.2, 0.25) is 5.91 Å². The van der Waals surface area contributed by atoms with Crippen molar-refractivity contribution in [3.05, 3.63) is 161 Å². The standard InChI is InChI=1S/C37H30ClN3O4S/c1-45-29-21-19-25(20-22-29)23-33(41-35(42)27-13-6-3-7-14-27)36(43)39-28-15-10-16-30(24-28)46-34(26-11-4-2-5-12-26)37(44)40-32-18-9-8-17-31(32)38/h2-24,34H,1H3,(H,39,43)(H,40,44)(H,41,42)/b33-23+. The molecule has 0 bridgehead atoms. The van der Waals surface area contributed by atoms with Crippen molar-refractivity contribution >= 4 is 58.5 Å². The maximum atomic E-state index is 13.6. The summed E-state index contributed by atoms with van der Waals surface area (Å²) in [5.41, 5.74) is 2.97. The number of methoxy groups -OCH3 is 1. The number of carbonyl (C=O) groups excluding carboxylic acids is 3. The average molecular weight is 648 g/mol. The van der Waals surface area contributed by atoms with Crippen molar-refractivity contribution in [2.75, 3.05) is 17.7 Å². The average Bonchev–Trinajstić information content (AvgIpc) is 3.09. The molecule has 0 aliphatic heterocycles. The minimum Gasteiger partial charge on any atom is -0.497 e. The SMILES string of the molecule is COc1ccc(/C=C(/NC(=O)c2ccccc2)C(=O)Nc2cccc(SC(C(=O)Nc3ccccc3Cl)c3ccccc3)c2)cc1. The largest absolute Gasteiger partial charge is 0.497 e. The molecule has 1 unspecified atom stereocenters. The van der Waals surface area contributed by atoms with Gasteiger partial charge in [0.25, 0.3) is 11.8 Å². The van der Waals surface area contributed by atoms with Gasteiger partial charge >= 0.3 is 0 Å². The van der Waals surface area contributed by atoms with Gasteiger partial charge in [-0.3, -0.25) is 14.4 Å². The van der Waals surface area contributed by atoms with Gasteiger partial charge in [0.05, 0.1) is 17.8 Å². The van der Waals surface area contributed by atoms with Gasteiger partial charge < -0.3 is 20.7 Å². The van der Waals surface area contributed by atoms with E-state index in [1.54, 1.807) is 104 Å². The Morgan fingerprint density at radius 1 is 0.761 bits per heavy atom. The number of para-hydroxylation sites is 1. The number of carbonyl (C=O) groups is 3. The Bertz CT molecular complexity index is 1850. The number of anilines is 2. The van der Waals surface area contributed by atoms with Crippen molar-refractivity contribution in [1.29, 1.82) is 0 Å². The van der Waals surface area contributed by atoms with Gasteiger partial charge in [0.15, 0.2) is 0 Å². The summed E-state index contributed by atoms with van der Waals surface area (Å²) >= 11 is 7.64. The number of hydrogen-bond acceptors (Lipinski definition) is 5. The molecular formula is C37H30ClN3O4S. The predicted molar refractivity (Wildman–Crippen MR) is 185 cm³/mol. The van der Waals surface area contributed by atoms with E-state index in [4.69, 9.17) is 16.3 Å². The van der Waals surface area contributed by atoms with E-state index in [2.05, 4.69) is 16.0 Å². The van der Waals surface area contributed by atoms with E-state index in [-0.39, 0.29) is 11.6 Å². The summed E-state index contributed by atoms with van der Waals surface area (Å²) in [5, 5.41) is 8.41. The molecule has 7 nitrogen and oxygen atoms in total. The van der Waals surface area contributed by atoms with Crippen LogP contribution in [0, 0.1) is 0 Å². The van der Waals surface area contributed by atoms with E-state index < -0.39 is 17.1 Å². The first-order chi connectivity index (χ1) is 22.4. The molecular weight excluding hydrogens is 618 g/mol. The lowest BCUT2D eigenvalue weighted by molar-refractivity contribution is -0.116. The van der Waals surface area contributed by atoms with E-state index in [9.17, 15) is 14.4 Å². The van der Waals surface area contributed by atoms with Gasteiger partial charge in [0, 0.05) is 16.1 Å². The Kier molecular flexibility index (Phi) is 10.9. The highest BCUT2D eigenvalue weighted by atomic mass is 35.5. The van der Waals surface area contributed by atoms with Gasteiger partial charge in [-0.05, 0) is 71.8 Å². The smallest absolute Gasteiger partial charge is 0.272 e. The summed E-state index contributed by atoms with van der Waals surface area (Å²) in [6.45, 7) is 0. The lowest BCUT2D eigenvalue weighted by Gasteiger charge is -2.18. The molecule has 0 spiro atoms. The highest BCUT2D eigenvalue weighted by Crippen LogP contribution is 2.37. The van der Waals surface area contributed by atoms with E-state index >= 15 is 0 Å². The van der Waals surface area contributed by atoms with Crippen LogP contribution >= 0.6 is 23.4 Å². The van der Waals surface area contributed by atoms with E-state index in [0.29, 0.717) is 33.3 Å². The van der Waals surface area contributed by atoms with Gasteiger partial charge in [-0.15, -0.1) is 11.8 Å². The maximum absolute atomic E-state index is 13.6. The molecule has 0 aromatic heterocycles. The second-order valence-electron chi connectivity index (χ2n) is 10.0. The summed E-state index contributed by atoms with van der Waals surface area (Å²) in [6, 6.07) is 39.4. The first-order valence-electron chi connectivity index (χ1n) is 14.3. The third-order valence-corrected chi connectivity index (χ3v) is 8.35. The second kappa shape index (κ2) is 15.6. The summed E-state index contributed by atoms with van der Waals surface area (Å²) in [4.78, 5) is 40.9. The molecule has 0 saturated carbocycles. The Labute approximate surface area is 276 Å². The third kappa shape index (κ3) is 8.65. The zero-order valence-electron chi connectivity index (χ0n) is 24.8. The fourth-order valence-corrected chi connectivity index (χ4v) is 5.72. The minimum absolute atomic E-state index is 0.0540. The molecule has 0 heterocycles. The number of hydrogen-bond donors (Lipinski definition) is 3. The van der Waals surface area contributed by atoms with Crippen molar-refractivity contribution in [2.24, 2.45) is 0 Å². The van der Waals surface area contributed by atoms with Crippen LogP contribution in [-0.2, 0) is 9.59 Å². The molecule has 5 aromatic carbocycles. The Balaban J connectivity index is 1.38. The molecule has 0 saturated heterocycles. The summed E-state index contributed by atoms with van der Waals surface area (Å²) < 4.78 is 5.24. The van der Waals surface area contributed by atoms with Crippen LogP contribution < -0.4 is 20.7 Å². The number of nitrogens with one attached hydrogen (secondary N) is 3. The zero-order chi connectivity index (χ0) is 32.3. The summed E-state index contributed by atoms with van der Waals surface area (Å²) in [7, 11) is 1.57. The van der Waals surface area contributed by atoms with Crippen molar-refractivity contribution in [1.82, 2.24) is 5.32 Å². The van der Waals surface area contributed by atoms with Gasteiger partial charge in [-0.25, -0.2) is 0 Å². The molecule has 230 valence electrons. The second-order valence-corrected chi connectivity index (χ2v) is 11.6. The topological polar surface area (TPSA) is 96.5 Å². The Hall–Kier alpha value is -5.31. The number of ether oxygens (including phenoxy) is 1. The van der Waals surface area contributed by atoms with Crippen LogP contribution in [-0.4, -0.2) is 24.8 Å². The van der Waals surface area contributed by atoms with E-state index in [1.807, 2.05) is 42.5 Å². The fraction of sp³-hybridized carbons (Fsp3) is 0.0541. The van der Waals surface area contributed by atoms with Crippen molar-refractivity contribution < 1.29 is 19.1 Å².